The minimum atomic E-state index is 1.29. The van der Waals surface area contributed by atoms with Crippen LogP contribution in [0.2, 0.25) is 0 Å². The third-order valence-electron chi connectivity index (χ3n) is 3.31. The first-order valence-electron chi connectivity index (χ1n) is 6.56. The third kappa shape index (κ3) is 6.23. The van der Waals surface area contributed by atoms with Crippen LogP contribution < -0.4 is 0 Å². The maximum Gasteiger partial charge on any atom is -0.0323 e. The molecule has 2 aliphatic carbocycles. The summed E-state index contributed by atoms with van der Waals surface area (Å²) in [6, 6.07) is 0. The number of hydrogen-bond acceptors (Lipinski definition) is 0. The first-order valence-corrected chi connectivity index (χ1v) is 6.56. The molecular formula is C14H26. The molecular weight excluding hydrogens is 168 g/mol. The number of hydrogen-bond donors (Lipinski definition) is 0. The van der Waals surface area contributed by atoms with Crippen molar-refractivity contribution in [2.24, 2.45) is 0 Å². The summed E-state index contributed by atoms with van der Waals surface area (Å²) in [4.78, 5) is 0. The summed E-state index contributed by atoms with van der Waals surface area (Å²) in [7, 11) is 0. The number of rotatable bonds is 0. The molecule has 2 aliphatic rings. The molecule has 0 bridgehead atoms. The van der Waals surface area contributed by atoms with Gasteiger partial charge in [0.15, 0.2) is 0 Å². The normalized spacial score (nSPS) is 23.3. The Kier molecular flexibility index (Phi) is 6.82. The van der Waals surface area contributed by atoms with E-state index in [9.17, 15) is 0 Å². The van der Waals surface area contributed by atoms with Gasteiger partial charge in [0.2, 0.25) is 0 Å². The van der Waals surface area contributed by atoms with E-state index in [0.29, 0.717) is 0 Å². The molecule has 2 fully saturated rings. The Bertz CT molecular complexity index is 118. The summed E-state index contributed by atoms with van der Waals surface area (Å²) in [5.41, 5.74) is 1.46. The van der Waals surface area contributed by atoms with Crippen LogP contribution in [0.5, 0.6) is 0 Å². The molecule has 0 aliphatic heterocycles. The van der Waals surface area contributed by atoms with Crippen molar-refractivity contribution >= 4 is 0 Å². The van der Waals surface area contributed by atoms with Crippen LogP contribution in [-0.4, -0.2) is 0 Å². The van der Waals surface area contributed by atoms with E-state index in [0.717, 1.165) is 0 Å². The molecule has 0 radical (unpaired) electrons. The van der Waals surface area contributed by atoms with Gasteiger partial charge in [-0.1, -0.05) is 63.5 Å². The van der Waals surface area contributed by atoms with Gasteiger partial charge in [-0.2, -0.15) is 0 Å². The van der Waals surface area contributed by atoms with Gasteiger partial charge in [0, 0.05) is 0 Å². The fourth-order valence-corrected chi connectivity index (χ4v) is 2.29. The number of allylic oxidation sites excluding steroid dienone is 1. The zero-order valence-corrected chi connectivity index (χ0v) is 9.69. The van der Waals surface area contributed by atoms with E-state index in [1.165, 1.54) is 82.6 Å². The van der Waals surface area contributed by atoms with E-state index in [-0.39, 0.29) is 0 Å². The Hall–Kier alpha value is -0.260. The first-order chi connectivity index (χ1) is 6.89. The Morgan fingerprint density at radius 1 is 0.500 bits per heavy atom. The molecule has 2 saturated carbocycles. The Balaban J connectivity index is 0.000000140. The maximum absolute atomic E-state index is 3.91. The van der Waals surface area contributed by atoms with Gasteiger partial charge in [0.05, 0.1) is 0 Å². The average molecular weight is 194 g/mol. The standard InChI is InChI=1S/C7H12.C7H14/c1-7-5-3-2-4-6-7;1-2-4-6-7-5-3-1/h1-6H2;1-7H2. The Labute approximate surface area is 89.8 Å². The van der Waals surface area contributed by atoms with Gasteiger partial charge >= 0.3 is 0 Å². The topological polar surface area (TPSA) is 0 Å². The van der Waals surface area contributed by atoms with E-state index in [2.05, 4.69) is 6.58 Å². The molecule has 0 unspecified atom stereocenters. The smallest absolute Gasteiger partial charge is 0.0323 e. The molecule has 0 amide bonds. The van der Waals surface area contributed by atoms with Crippen LogP contribution in [0, 0.1) is 0 Å². The van der Waals surface area contributed by atoms with Crippen LogP contribution in [0.25, 0.3) is 0 Å². The molecule has 0 aromatic heterocycles. The highest BCUT2D eigenvalue weighted by atomic mass is 14.1. The van der Waals surface area contributed by atoms with Gasteiger partial charge in [-0.05, 0) is 25.7 Å². The second-order valence-electron chi connectivity index (χ2n) is 4.79. The van der Waals surface area contributed by atoms with Crippen LogP contribution in [0.4, 0.5) is 0 Å². The molecule has 0 nitrogen and oxygen atoms in total. The molecule has 0 saturated heterocycles. The fourth-order valence-electron chi connectivity index (χ4n) is 2.29. The summed E-state index contributed by atoms with van der Waals surface area (Å²) in [5, 5.41) is 0. The predicted octanol–water partition coefficient (Wildman–Crippen LogP) is 5.24. The molecule has 14 heavy (non-hydrogen) atoms. The van der Waals surface area contributed by atoms with E-state index >= 15 is 0 Å². The highest BCUT2D eigenvalue weighted by Gasteiger charge is 2.00. The third-order valence-corrected chi connectivity index (χ3v) is 3.31. The fraction of sp³-hybridized carbons (Fsp3) is 0.857. The van der Waals surface area contributed by atoms with Gasteiger partial charge in [-0.3, -0.25) is 0 Å². The summed E-state index contributed by atoms with van der Waals surface area (Å²) in [5.74, 6) is 0. The lowest BCUT2D eigenvalue weighted by molar-refractivity contribution is 0.601. The van der Waals surface area contributed by atoms with Crippen molar-refractivity contribution in [2.45, 2.75) is 77.0 Å². The minimum Gasteiger partial charge on any atom is -0.0999 e. The molecule has 0 aromatic rings. The van der Waals surface area contributed by atoms with E-state index in [1.807, 2.05) is 0 Å². The van der Waals surface area contributed by atoms with Crippen molar-refractivity contribution in [1.82, 2.24) is 0 Å². The van der Waals surface area contributed by atoms with Crippen molar-refractivity contribution in [3.05, 3.63) is 12.2 Å². The van der Waals surface area contributed by atoms with E-state index in [1.54, 1.807) is 0 Å². The van der Waals surface area contributed by atoms with Crippen molar-refractivity contribution in [3.63, 3.8) is 0 Å². The summed E-state index contributed by atoms with van der Waals surface area (Å²) in [6.45, 7) is 3.91. The van der Waals surface area contributed by atoms with Crippen LogP contribution in [0.1, 0.15) is 77.0 Å². The summed E-state index contributed by atoms with van der Waals surface area (Å²) >= 11 is 0. The Morgan fingerprint density at radius 3 is 1.00 bits per heavy atom. The monoisotopic (exact) mass is 194 g/mol. The maximum atomic E-state index is 3.91. The quantitative estimate of drug-likeness (QED) is 0.365. The highest BCUT2D eigenvalue weighted by molar-refractivity contribution is 4.95. The van der Waals surface area contributed by atoms with E-state index < -0.39 is 0 Å². The SMILES string of the molecule is C1CCCCCC1.C=C1CCCCC1. The van der Waals surface area contributed by atoms with E-state index in [4.69, 9.17) is 0 Å². The lowest BCUT2D eigenvalue weighted by Gasteiger charge is -2.10. The molecule has 0 spiro atoms. The lowest BCUT2D eigenvalue weighted by Crippen LogP contribution is -1.90. The van der Waals surface area contributed by atoms with Crippen LogP contribution in [0.15, 0.2) is 12.2 Å². The van der Waals surface area contributed by atoms with Crippen LogP contribution in [-0.2, 0) is 0 Å². The predicted molar refractivity (Wildman–Crippen MR) is 64.5 cm³/mol. The van der Waals surface area contributed by atoms with Crippen LogP contribution in [0.3, 0.4) is 0 Å². The second kappa shape index (κ2) is 8.08. The lowest BCUT2D eigenvalue weighted by atomic mass is 9.97. The molecule has 0 heterocycles. The molecule has 0 atom stereocenters. The molecule has 0 aromatic carbocycles. The molecule has 0 N–H and O–H groups in total. The van der Waals surface area contributed by atoms with Gasteiger partial charge < -0.3 is 0 Å². The molecule has 82 valence electrons. The van der Waals surface area contributed by atoms with Crippen molar-refractivity contribution in [1.29, 1.82) is 0 Å². The Morgan fingerprint density at radius 2 is 0.786 bits per heavy atom. The van der Waals surface area contributed by atoms with Crippen molar-refractivity contribution in [3.8, 4) is 0 Å². The highest BCUT2D eigenvalue weighted by Crippen LogP contribution is 2.20. The molecule has 2 rings (SSSR count). The van der Waals surface area contributed by atoms with Crippen molar-refractivity contribution in [2.75, 3.05) is 0 Å². The van der Waals surface area contributed by atoms with Gasteiger partial charge in [-0.15, -0.1) is 0 Å². The second-order valence-corrected chi connectivity index (χ2v) is 4.79. The average Bonchev–Trinajstić information content (AvgIpc) is 2.51. The molecule has 0 heteroatoms. The summed E-state index contributed by atoms with van der Waals surface area (Å²) < 4.78 is 0. The first kappa shape index (κ1) is 11.8. The largest absolute Gasteiger partial charge is 0.0999 e. The van der Waals surface area contributed by atoms with Gasteiger partial charge in [0.25, 0.3) is 0 Å². The summed E-state index contributed by atoms with van der Waals surface area (Å²) in [6.07, 6.45) is 17.3. The zero-order chi connectivity index (χ0) is 10.1. The minimum absolute atomic E-state index is 1.29. The van der Waals surface area contributed by atoms with Gasteiger partial charge in [0.1, 0.15) is 0 Å². The van der Waals surface area contributed by atoms with Crippen LogP contribution >= 0.6 is 0 Å². The zero-order valence-electron chi connectivity index (χ0n) is 9.69. The van der Waals surface area contributed by atoms with Gasteiger partial charge in [-0.25, -0.2) is 0 Å². The van der Waals surface area contributed by atoms with Crippen molar-refractivity contribution < 1.29 is 0 Å².